The van der Waals surface area contributed by atoms with E-state index in [0.29, 0.717) is 37.1 Å². The van der Waals surface area contributed by atoms with Gasteiger partial charge in [0.15, 0.2) is 5.82 Å². The van der Waals surface area contributed by atoms with Crippen molar-refractivity contribution >= 4 is 57.6 Å². The topological polar surface area (TPSA) is 87.2 Å². The van der Waals surface area contributed by atoms with Gasteiger partial charge in [-0.2, -0.15) is 0 Å². The highest BCUT2D eigenvalue weighted by atomic mass is 35.5. The smallest absolute Gasteiger partial charge is 0.215 e. The molecule has 0 atom stereocenters. The summed E-state index contributed by atoms with van der Waals surface area (Å²) in [6.45, 7) is 3.98. The zero-order valence-electron chi connectivity index (χ0n) is 14.0. The van der Waals surface area contributed by atoms with Crippen LogP contribution in [0.2, 0.25) is 15.3 Å². The third-order valence-electron chi connectivity index (χ3n) is 3.62. The van der Waals surface area contributed by atoms with Crippen molar-refractivity contribution in [3.05, 3.63) is 39.9 Å². The van der Waals surface area contributed by atoms with Gasteiger partial charge in [-0.15, -0.1) is 5.10 Å². The van der Waals surface area contributed by atoms with Crippen molar-refractivity contribution in [1.29, 1.82) is 0 Å². The standard InChI is InChI=1S/C15H11Cl3N8S/c1-7(2)26-15(22-23-24-26)27-13-12(25-4-3-19-14(25)18)20-10-5-8(16)9(17)6-11(10)21-13/h3-7H,1-2H3. The summed E-state index contributed by atoms with van der Waals surface area (Å²) in [5, 5.41) is 14.0. The molecule has 0 unspecified atom stereocenters. The largest absolute Gasteiger partial charge is 0.272 e. The van der Waals surface area contributed by atoms with Crippen LogP contribution in [-0.4, -0.2) is 39.7 Å². The van der Waals surface area contributed by atoms with Crippen molar-refractivity contribution in [2.75, 3.05) is 0 Å². The molecule has 0 aliphatic rings. The molecule has 0 amide bonds. The third kappa shape index (κ3) is 3.47. The van der Waals surface area contributed by atoms with Gasteiger partial charge in [0.05, 0.1) is 27.1 Å². The molecule has 3 heterocycles. The second-order valence-corrected chi connectivity index (χ2v) is 7.88. The minimum absolute atomic E-state index is 0.0875. The lowest BCUT2D eigenvalue weighted by molar-refractivity contribution is 0.477. The van der Waals surface area contributed by atoms with Crippen LogP contribution < -0.4 is 0 Å². The summed E-state index contributed by atoms with van der Waals surface area (Å²) in [7, 11) is 0. The predicted octanol–water partition coefficient (Wildman–Crippen LogP) is 4.49. The number of halogens is 3. The number of benzene rings is 1. The Kier molecular flexibility index (Phi) is 4.94. The molecular formula is C15H11Cl3N8S. The van der Waals surface area contributed by atoms with Crippen molar-refractivity contribution < 1.29 is 0 Å². The van der Waals surface area contributed by atoms with Gasteiger partial charge in [-0.05, 0) is 59.8 Å². The Bertz CT molecular complexity index is 1140. The molecule has 4 rings (SSSR count). The van der Waals surface area contributed by atoms with E-state index in [-0.39, 0.29) is 11.3 Å². The van der Waals surface area contributed by atoms with E-state index >= 15 is 0 Å². The number of nitrogens with zero attached hydrogens (tertiary/aromatic N) is 8. The van der Waals surface area contributed by atoms with Gasteiger partial charge in [0.2, 0.25) is 10.4 Å². The number of hydrogen-bond donors (Lipinski definition) is 0. The Labute approximate surface area is 172 Å². The van der Waals surface area contributed by atoms with Crippen molar-refractivity contribution in [1.82, 2.24) is 39.7 Å². The maximum Gasteiger partial charge on any atom is 0.215 e. The molecule has 0 spiro atoms. The monoisotopic (exact) mass is 440 g/mol. The van der Waals surface area contributed by atoms with Crippen LogP contribution in [0.15, 0.2) is 34.7 Å². The number of fused-ring (bicyclic) bond motifs is 1. The molecule has 0 aliphatic heterocycles. The van der Waals surface area contributed by atoms with Gasteiger partial charge >= 0.3 is 0 Å². The van der Waals surface area contributed by atoms with Crippen LogP contribution in [0.25, 0.3) is 16.9 Å². The molecule has 4 aromatic rings. The first kappa shape index (κ1) is 18.4. The van der Waals surface area contributed by atoms with Crippen molar-refractivity contribution in [2.24, 2.45) is 0 Å². The van der Waals surface area contributed by atoms with Gasteiger partial charge in [-0.3, -0.25) is 4.57 Å². The predicted molar refractivity (Wildman–Crippen MR) is 104 cm³/mol. The lowest BCUT2D eigenvalue weighted by atomic mass is 10.3. The summed E-state index contributed by atoms with van der Waals surface area (Å²) < 4.78 is 3.33. The van der Waals surface area contributed by atoms with E-state index in [0.717, 1.165) is 0 Å². The number of rotatable bonds is 4. The fourth-order valence-electron chi connectivity index (χ4n) is 2.36. The van der Waals surface area contributed by atoms with E-state index in [9.17, 15) is 0 Å². The molecule has 3 aromatic heterocycles. The average molecular weight is 442 g/mol. The maximum atomic E-state index is 6.20. The summed E-state index contributed by atoms with van der Waals surface area (Å²) in [6, 6.07) is 3.42. The second kappa shape index (κ2) is 7.23. The normalized spacial score (nSPS) is 11.6. The number of tetrazole rings is 1. The number of imidazole rings is 1. The third-order valence-corrected chi connectivity index (χ3v) is 5.54. The lowest BCUT2D eigenvalue weighted by Crippen LogP contribution is -2.06. The zero-order chi connectivity index (χ0) is 19.1. The molecule has 27 heavy (non-hydrogen) atoms. The Morgan fingerprint density at radius 1 is 1.04 bits per heavy atom. The number of hydrogen-bond acceptors (Lipinski definition) is 7. The van der Waals surface area contributed by atoms with Crippen LogP contribution >= 0.6 is 46.6 Å². The quantitative estimate of drug-likeness (QED) is 0.461. The van der Waals surface area contributed by atoms with Crippen molar-refractivity contribution in [2.45, 2.75) is 30.1 Å². The minimum Gasteiger partial charge on any atom is -0.272 e. The Morgan fingerprint density at radius 2 is 1.74 bits per heavy atom. The lowest BCUT2D eigenvalue weighted by Gasteiger charge is -2.12. The molecule has 0 radical (unpaired) electrons. The van der Waals surface area contributed by atoms with Gasteiger partial charge in [0.1, 0.15) is 5.03 Å². The molecule has 0 fully saturated rings. The highest BCUT2D eigenvalue weighted by molar-refractivity contribution is 7.99. The SMILES string of the molecule is CC(C)n1nnnc1Sc1nc2cc(Cl)c(Cl)cc2nc1-n1ccnc1Cl. The first-order valence-electron chi connectivity index (χ1n) is 7.75. The van der Waals surface area contributed by atoms with E-state index in [1.165, 1.54) is 11.8 Å². The van der Waals surface area contributed by atoms with Crippen LogP contribution in [0.4, 0.5) is 0 Å². The van der Waals surface area contributed by atoms with E-state index < -0.39 is 0 Å². The van der Waals surface area contributed by atoms with Crippen LogP contribution in [-0.2, 0) is 0 Å². The Morgan fingerprint density at radius 3 is 2.37 bits per heavy atom. The first-order valence-corrected chi connectivity index (χ1v) is 9.71. The minimum atomic E-state index is 0.0875. The molecule has 138 valence electrons. The molecule has 1 aromatic carbocycles. The zero-order valence-corrected chi connectivity index (χ0v) is 17.1. The molecule has 0 saturated heterocycles. The Hall–Kier alpha value is -1.94. The van der Waals surface area contributed by atoms with Gasteiger partial charge in [-0.25, -0.2) is 19.6 Å². The molecular weight excluding hydrogens is 431 g/mol. The maximum absolute atomic E-state index is 6.20. The van der Waals surface area contributed by atoms with Gasteiger partial charge in [0, 0.05) is 12.4 Å². The average Bonchev–Trinajstić information content (AvgIpc) is 3.25. The number of aromatic nitrogens is 8. The molecule has 0 saturated carbocycles. The van der Waals surface area contributed by atoms with Crippen molar-refractivity contribution in [3.8, 4) is 5.82 Å². The first-order chi connectivity index (χ1) is 12.9. The highest BCUT2D eigenvalue weighted by Gasteiger charge is 2.19. The summed E-state index contributed by atoms with van der Waals surface area (Å²) in [6.07, 6.45) is 3.28. The van der Waals surface area contributed by atoms with E-state index in [2.05, 4.69) is 25.5 Å². The summed E-state index contributed by atoms with van der Waals surface area (Å²) in [4.78, 5) is 13.4. The van der Waals surface area contributed by atoms with Gasteiger partial charge in [-0.1, -0.05) is 23.2 Å². The van der Waals surface area contributed by atoms with E-state index in [4.69, 9.17) is 39.8 Å². The molecule has 8 nitrogen and oxygen atoms in total. The van der Waals surface area contributed by atoms with E-state index in [1.54, 1.807) is 33.8 Å². The van der Waals surface area contributed by atoms with Crippen molar-refractivity contribution in [3.63, 3.8) is 0 Å². The van der Waals surface area contributed by atoms with Crippen LogP contribution in [0.1, 0.15) is 19.9 Å². The second-order valence-electron chi connectivity index (χ2n) is 5.78. The molecule has 0 N–H and O–H groups in total. The van der Waals surface area contributed by atoms with Crippen LogP contribution in [0, 0.1) is 0 Å². The molecule has 12 heteroatoms. The van der Waals surface area contributed by atoms with Gasteiger partial charge < -0.3 is 0 Å². The molecule has 0 aliphatic carbocycles. The fourth-order valence-corrected chi connectivity index (χ4v) is 3.84. The van der Waals surface area contributed by atoms with Gasteiger partial charge in [0.25, 0.3) is 0 Å². The highest BCUT2D eigenvalue weighted by Crippen LogP contribution is 2.34. The molecule has 0 bridgehead atoms. The summed E-state index contributed by atoms with van der Waals surface area (Å²) in [5.41, 5.74) is 1.17. The van der Waals surface area contributed by atoms with Crippen LogP contribution in [0.3, 0.4) is 0 Å². The summed E-state index contributed by atoms with van der Waals surface area (Å²) in [5.74, 6) is 0.492. The van der Waals surface area contributed by atoms with Crippen LogP contribution in [0.5, 0.6) is 0 Å². The Balaban J connectivity index is 1.92. The fraction of sp³-hybridized carbons (Fsp3) is 0.200. The van der Waals surface area contributed by atoms with E-state index in [1.807, 2.05) is 13.8 Å². The summed E-state index contributed by atoms with van der Waals surface area (Å²) >= 11 is 19.7.